The first-order chi connectivity index (χ1) is 6.72. The molecule has 1 saturated carbocycles. The Kier molecular flexibility index (Phi) is 2.40. The van der Waals surface area contributed by atoms with Gasteiger partial charge in [-0.05, 0) is 25.8 Å². The van der Waals surface area contributed by atoms with E-state index in [-0.39, 0.29) is 5.78 Å². The van der Waals surface area contributed by atoms with Gasteiger partial charge in [-0.2, -0.15) is 5.10 Å². The highest BCUT2D eigenvalue weighted by molar-refractivity contribution is 5.92. The molecule has 0 aliphatic heterocycles. The molecule has 0 atom stereocenters. The van der Waals surface area contributed by atoms with Gasteiger partial charge in [-0.1, -0.05) is 6.42 Å². The number of aryl methyl sites for hydroxylation is 1. The predicted molar refractivity (Wildman–Crippen MR) is 54.5 cm³/mol. The van der Waals surface area contributed by atoms with Crippen molar-refractivity contribution in [3.63, 3.8) is 0 Å². The Hall–Kier alpha value is -1.12. The van der Waals surface area contributed by atoms with Gasteiger partial charge in [0, 0.05) is 19.4 Å². The van der Waals surface area contributed by atoms with E-state index in [9.17, 15) is 4.79 Å². The Labute approximate surface area is 84.1 Å². The van der Waals surface area contributed by atoms with Gasteiger partial charge in [0.25, 0.3) is 0 Å². The first kappa shape index (κ1) is 9.44. The summed E-state index contributed by atoms with van der Waals surface area (Å²) in [5.74, 6) is 0.728. The molecule has 14 heavy (non-hydrogen) atoms. The van der Waals surface area contributed by atoms with E-state index in [1.165, 1.54) is 19.3 Å². The van der Waals surface area contributed by atoms with Gasteiger partial charge < -0.3 is 0 Å². The fourth-order valence-corrected chi connectivity index (χ4v) is 1.86. The summed E-state index contributed by atoms with van der Waals surface area (Å²) in [4.78, 5) is 11.3. The number of nitrogens with zero attached hydrogens (tertiary/aromatic N) is 2. The quantitative estimate of drug-likeness (QED) is 0.689. The predicted octanol–water partition coefficient (Wildman–Crippen LogP) is 2.37. The van der Waals surface area contributed by atoms with E-state index in [1.54, 1.807) is 6.92 Å². The van der Waals surface area contributed by atoms with Gasteiger partial charge in [0.2, 0.25) is 0 Å². The molecule has 0 unspecified atom stereocenters. The maximum Gasteiger partial charge on any atom is 0.177 e. The van der Waals surface area contributed by atoms with Crippen molar-refractivity contribution in [1.29, 1.82) is 0 Å². The highest BCUT2D eigenvalue weighted by atomic mass is 16.1. The molecule has 1 aromatic heterocycles. The number of hydrogen-bond acceptors (Lipinski definition) is 2. The molecule has 0 spiro atoms. The lowest BCUT2D eigenvalue weighted by Gasteiger charge is -2.22. The van der Waals surface area contributed by atoms with Crippen LogP contribution in [-0.2, 0) is 6.54 Å². The van der Waals surface area contributed by atoms with E-state index in [0.29, 0.717) is 5.92 Å². The summed E-state index contributed by atoms with van der Waals surface area (Å²) >= 11 is 0. The van der Waals surface area contributed by atoms with Crippen LogP contribution in [0.15, 0.2) is 6.07 Å². The monoisotopic (exact) mass is 192 g/mol. The van der Waals surface area contributed by atoms with Crippen LogP contribution in [-0.4, -0.2) is 15.6 Å². The third kappa shape index (κ3) is 1.47. The number of carbonyl (C=O) groups excluding carboxylic acids is 1. The number of aromatic nitrogens is 2. The van der Waals surface area contributed by atoms with Crippen LogP contribution in [0.3, 0.4) is 0 Å². The molecule has 1 fully saturated rings. The number of hydrogen-bond donors (Lipinski definition) is 0. The molecule has 0 saturated heterocycles. The Balaban J connectivity index is 2.30. The third-order valence-corrected chi connectivity index (χ3v) is 2.98. The van der Waals surface area contributed by atoms with Gasteiger partial charge >= 0.3 is 0 Å². The van der Waals surface area contributed by atoms with Crippen molar-refractivity contribution in [3.8, 4) is 0 Å². The number of carbonyl (C=O) groups is 1. The van der Waals surface area contributed by atoms with E-state index >= 15 is 0 Å². The standard InChI is InChI=1S/C11H16N2O/c1-3-13-11(8(2)14)7-10(12-13)9-5-4-6-9/h7,9H,3-6H2,1-2H3. The number of rotatable bonds is 3. The average molecular weight is 192 g/mol. The van der Waals surface area contributed by atoms with E-state index in [1.807, 2.05) is 17.7 Å². The van der Waals surface area contributed by atoms with E-state index in [4.69, 9.17) is 0 Å². The summed E-state index contributed by atoms with van der Waals surface area (Å²) in [5.41, 5.74) is 1.87. The van der Waals surface area contributed by atoms with Gasteiger partial charge in [-0.15, -0.1) is 0 Å². The van der Waals surface area contributed by atoms with Crippen molar-refractivity contribution in [1.82, 2.24) is 9.78 Å². The van der Waals surface area contributed by atoms with Crippen molar-refractivity contribution < 1.29 is 4.79 Å². The van der Waals surface area contributed by atoms with Gasteiger partial charge in [0.05, 0.1) is 5.69 Å². The third-order valence-electron chi connectivity index (χ3n) is 2.98. The van der Waals surface area contributed by atoms with Crippen molar-refractivity contribution in [2.75, 3.05) is 0 Å². The lowest BCUT2D eigenvalue weighted by Crippen LogP contribution is -2.10. The zero-order chi connectivity index (χ0) is 10.1. The minimum atomic E-state index is 0.116. The van der Waals surface area contributed by atoms with Gasteiger partial charge in [-0.3, -0.25) is 9.48 Å². The smallest absolute Gasteiger partial charge is 0.177 e. The fourth-order valence-electron chi connectivity index (χ4n) is 1.86. The molecule has 1 aliphatic rings. The Morgan fingerprint density at radius 3 is 2.71 bits per heavy atom. The minimum absolute atomic E-state index is 0.116. The first-order valence-corrected chi connectivity index (χ1v) is 5.31. The molecule has 1 aromatic rings. The molecule has 1 aliphatic carbocycles. The van der Waals surface area contributed by atoms with Crippen LogP contribution in [0.5, 0.6) is 0 Å². The SMILES string of the molecule is CCn1nc(C2CCC2)cc1C(C)=O. The topological polar surface area (TPSA) is 34.9 Å². The molecule has 0 amide bonds. The molecule has 2 rings (SSSR count). The molecular weight excluding hydrogens is 176 g/mol. The Morgan fingerprint density at radius 2 is 2.36 bits per heavy atom. The molecule has 1 heterocycles. The zero-order valence-electron chi connectivity index (χ0n) is 8.79. The molecule has 0 N–H and O–H groups in total. The average Bonchev–Trinajstić information content (AvgIpc) is 2.45. The van der Waals surface area contributed by atoms with Gasteiger partial charge in [0.1, 0.15) is 5.69 Å². The van der Waals surface area contributed by atoms with Gasteiger partial charge in [0.15, 0.2) is 5.78 Å². The van der Waals surface area contributed by atoms with E-state index in [0.717, 1.165) is 17.9 Å². The highest BCUT2D eigenvalue weighted by Gasteiger charge is 2.23. The zero-order valence-corrected chi connectivity index (χ0v) is 8.79. The maximum absolute atomic E-state index is 11.3. The largest absolute Gasteiger partial charge is 0.293 e. The molecule has 3 nitrogen and oxygen atoms in total. The van der Waals surface area contributed by atoms with Crippen LogP contribution in [0.25, 0.3) is 0 Å². The van der Waals surface area contributed by atoms with Crippen LogP contribution in [0.4, 0.5) is 0 Å². The second-order valence-electron chi connectivity index (χ2n) is 3.95. The summed E-state index contributed by atoms with van der Waals surface area (Å²) in [6.45, 7) is 4.40. The normalized spacial score (nSPS) is 16.7. The van der Waals surface area contributed by atoms with Crippen LogP contribution in [0, 0.1) is 0 Å². The van der Waals surface area contributed by atoms with Crippen molar-refractivity contribution in [2.45, 2.75) is 45.6 Å². The molecule has 0 aromatic carbocycles. The first-order valence-electron chi connectivity index (χ1n) is 5.31. The maximum atomic E-state index is 11.3. The van der Waals surface area contributed by atoms with Gasteiger partial charge in [-0.25, -0.2) is 0 Å². The Bertz CT molecular complexity index is 350. The molecule has 3 heteroatoms. The second kappa shape index (κ2) is 3.56. The van der Waals surface area contributed by atoms with E-state index in [2.05, 4.69) is 5.10 Å². The van der Waals surface area contributed by atoms with Crippen LogP contribution in [0.2, 0.25) is 0 Å². The molecule has 0 bridgehead atoms. The highest BCUT2D eigenvalue weighted by Crippen LogP contribution is 2.35. The van der Waals surface area contributed by atoms with Crippen LogP contribution < -0.4 is 0 Å². The molecule has 0 radical (unpaired) electrons. The summed E-state index contributed by atoms with van der Waals surface area (Å²) in [6, 6.07) is 1.97. The van der Waals surface area contributed by atoms with Crippen LogP contribution >= 0.6 is 0 Å². The summed E-state index contributed by atoms with van der Waals surface area (Å²) < 4.78 is 1.82. The van der Waals surface area contributed by atoms with Crippen molar-refractivity contribution >= 4 is 5.78 Å². The lowest BCUT2D eigenvalue weighted by molar-refractivity contribution is 0.100. The lowest BCUT2D eigenvalue weighted by atomic mass is 9.83. The molecule has 76 valence electrons. The van der Waals surface area contributed by atoms with Crippen LogP contribution in [0.1, 0.15) is 55.2 Å². The van der Waals surface area contributed by atoms with E-state index < -0.39 is 0 Å². The Morgan fingerprint density at radius 1 is 1.64 bits per heavy atom. The fraction of sp³-hybridized carbons (Fsp3) is 0.636. The summed E-state index contributed by atoms with van der Waals surface area (Å²) in [5, 5.41) is 4.47. The number of Topliss-reactive ketones (excluding diaryl/α,β-unsaturated/α-hetero) is 1. The minimum Gasteiger partial charge on any atom is -0.293 e. The summed E-state index contributed by atoms with van der Waals surface area (Å²) in [6.07, 6.45) is 3.77. The summed E-state index contributed by atoms with van der Waals surface area (Å²) in [7, 11) is 0. The van der Waals surface area contributed by atoms with Crippen molar-refractivity contribution in [3.05, 3.63) is 17.5 Å². The van der Waals surface area contributed by atoms with Crippen molar-refractivity contribution in [2.24, 2.45) is 0 Å². The molecular formula is C11H16N2O. The second-order valence-corrected chi connectivity index (χ2v) is 3.95. The number of ketones is 1.